The highest BCUT2D eigenvalue weighted by Crippen LogP contribution is 2.21. The lowest BCUT2D eigenvalue weighted by Crippen LogP contribution is -2.24. The lowest BCUT2D eigenvalue weighted by molar-refractivity contribution is 0.518. The summed E-state index contributed by atoms with van der Waals surface area (Å²) >= 11 is 0. The van der Waals surface area contributed by atoms with Crippen LogP contribution in [0.4, 0.5) is 5.69 Å². The van der Waals surface area contributed by atoms with Gasteiger partial charge >= 0.3 is 0 Å². The lowest BCUT2D eigenvalue weighted by Gasteiger charge is -2.23. The van der Waals surface area contributed by atoms with Crippen molar-refractivity contribution in [3.05, 3.63) is 55.1 Å². The molecule has 2 heteroatoms. The highest BCUT2D eigenvalue weighted by Gasteiger charge is 2.09. The standard InChI is InChI=1S/C18H28N2/c1-5-13-19-18(8-4)16-9-11-17(12-10-16)20(14-6-2)15-7-3/h6-7,9-12,18-19H,2-3,5,8,13-15H2,1,4H3. The molecule has 0 amide bonds. The van der Waals surface area contributed by atoms with E-state index in [0.717, 1.165) is 26.1 Å². The molecule has 0 bridgehead atoms. The van der Waals surface area contributed by atoms with Crippen molar-refractivity contribution in [1.82, 2.24) is 5.32 Å². The van der Waals surface area contributed by atoms with Crippen molar-refractivity contribution in [2.45, 2.75) is 32.7 Å². The molecule has 0 saturated heterocycles. The van der Waals surface area contributed by atoms with Crippen LogP contribution in [0.2, 0.25) is 0 Å². The van der Waals surface area contributed by atoms with Crippen LogP contribution < -0.4 is 10.2 Å². The summed E-state index contributed by atoms with van der Waals surface area (Å²) < 4.78 is 0. The Morgan fingerprint density at radius 3 is 2.15 bits per heavy atom. The molecule has 0 radical (unpaired) electrons. The molecule has 1 aromatic carbocycles. The Morgan fingerprint density at radius 1 is 1.10 bits per heavy atom. The Bertz CT molecular complexity index is 384. The van der Waals surface area contributed by atoms with Crippen LogP contribution in [0.1, 0.15) is 38.3 Å². The van der Waals surface area contributed by atoms with Crippen LogP contribution >= 0.6 is 0 Å². The van der Waals surface area contributed by atoms with Crippen molar-refractivity contribution >= 4 is 5.69 Å². The first kappa shape index (κ1) is 16.5. The quantitative estimate of drug-likeness (QED) is 0.638. The molecule has 110 valence electrons. The molecule has 0 aliphatic rings. The zero-order valence-corrected chi connectivity index (χ0v) is 12.9. The molecule has 0 saturated carbocycles. The van der Waals surface area contributed by atoms with Crippen LogP contribution in [-0.4, -0.2) is 19.6 Å². The fourth-order valence-electron chi connectivity index (χ4n) is 2.33. The van der Waals surface area contributed by atoms with E-state index in [4.69, 9.17) is 0 Å². The first-order valence-corrected chi connectivity index (χ1v) is 7.56. The van der Waals surface area contributed by atoms with E-state index < -0.39 is 0 Å². The van der Waals surface area contributed by atoms with Crippen molar-refractivity contribution < 1.29 is 0 Å². The Morgan fingerprint density at radius 2 is 1.70 bits per heavy atom. The molecule has 0 spiro atoms. The number of nitrogens with zero attached hydrogens (tertiary/aromatic N) is 1. The van der Waals surface area contributed by atoms with Gasteiger partial charge in [-0.2, -0.15) is 0 Å². The van der Waals surface area contributed by atoms with Gasteiger partial charge in [-0.3, -0.25) is 0 Å². The first-order valence-electron chi connectivity index (χ1n) is 7.56. The number of anilines is 1. The van der Waals surface area contributed by atoms with Gasteiger partial charge in [0.15, 0.2) is 0 Å². The first-order chi connectivity index (χ1) is 9.76. The van der Waals surface area contributed by atoms with E-state index >= 15 is 0 Å². The molecule has 1 N–H and O–H groups in total. The molecule has 1 unspecified atom stereocenters. The SMILES string of the molecule is C=CCN(CC=C)c1ccc(C(CC)NCCC)cc1. The number of benzene rings is 1. The molecular formula is C18H28N2. The summed E-state index contributed by atoms with van der Waals surface area (Å²) in [5.74, 6) is 0. The number of nitrogens with one attached hydrogen (secondary N) is 1. The van der Waals surface area contributed by atoms with Gasteiger partial charge in [0.2, 0.25) is 0 Å². The zero-order chi connectivity index (χ0) is 14.8. The minimum atomic E-state index is 0.455. The average Bonchev–Trinajstić information content (AvgIpc) is 2.48. The van der Waals surface area contributed by atoms with Crippen LogP contribution in [0, 0.1) is 0 Å². The lowest BCUT2D eigenvalue weighted by atomic mass is 10.0. The number of rotatable bonds is 10. The van der Waals surface area contributed by atoms with Gasteiger partial charge in [0.1, 0.15) is 0 Å². The maximum absolute atomic E-state index is 3.82. The highest BCUT2D eigenvalue weighted by molar-refractivity contribution is 5.49. The van der Waals surface area contributed by atoms with Gasteiger partial charge < -0.3 is 10.2 Å². The van der Waals surface area contributed by atoms with Crippen LogP contribution in [0.5, 0.6) is 0 Å². The smallest absolute Gasteiger partial charge is 0.0372 e. The van der Waals surface area contributed by atoms with E-state index in [1.165, 1.54) is 17.7 Å². The minimum Gasteiger partial charge on any atom is -0.364 e. The summed E-state index contributed by atoms with van der Waals surface area (Å²) in [4.78, 5) is 2.25. The summed E-state index contributed by atoms with van der Waals surface area (Å²) in [6.07, 6.45) is 6.13. The molecule has 0 heterocycles. The number of hydrogen-bond acceptors (Lipinski definition) is 2. The van der Waals surface area contributed by atoms with Gasteiger partial charge in [-0.15, -0.1) is 13.2 Å². The predicted molar refractivity (Wildman–Crippen MR) is 90.4 cm³/mol. The minimum absolute atomic E-state index is 0.455. The maximum atomic E-state index is 3.82. The summed E-state index contributed by atoms with van der Waals surface area (Å²) in [6.45, 7) is 14.8. The molecule has 2 nitrogen and oxygen atoms in total. The number of hydrogen-bond donors (Lipinski definition) is 1. The van der Waals surface area contributed by atoms with Crippen LogP contribution in [0.25, 0.3) is 0 Å². The monoisotopic (exact) mass is 272 g/mol. The van der Waals surface area contributed by atoms with E-state index in [2.05, 4.69) is 61.5 Å². The second-order valence-electron chi connectivity index (χ2n) is 4.99. The van der Waals surface area contributed by atoms with E-state index in [-0.39, 0.29) is 0 Å². The van der Waals surface area contributed by atoms with E-state index in [1.807, 2.05) is 12.2 Å². The largest absolute Gasteiger partial charge is 0.364 e. The molecule has 1 atom stereocenters. The van der Waals surface area contributed by atoms with Gasteiger partial charge in [-0.1, -0.05) is 38.1 Å². The predicted octanol–water partition coefficient (Wildman–Crippen LogP) is 4.32. The van der Waals surface area contributed by atoms with Gasteiger partial charge in [-0.25, -0.2) is 0 Å². The van der Waals surface area contributed by atoms with E-state index in [0.29, 0.717) is 6.04 Å². The molecule has 0 fully saturated rings. The van der Waals surface area contributed by atoms with E-state index in [9.17, 15) is 0 Å². The fourth-order valence-corrected chi connectivity index (χ4v) is 2.33. The van der Waals surface area contributed by atoms with Gasteiger partial charge in [0, 0.05) is 24.8 Å². The van der Waals surface area contributed by atoms with Crippen molar-refractivity contribution in [2.24, 2.45) is 0 Å². The second kappa shape index (κ2) is 9.38. The summed E-state index contributed by atoms with van der Waals surface area (Å²) in [5, 5.41) is 3.59. The Balaban J connectivity index is 2.79. The molecule has 1 rings (SSSR count). The summed E-state index contributed by atoms with van der Waals surface area (Å²) in [7, 11) is 0. The van der Waals surface area contributed by atoms with Gasteiger partial charge in [0.25, 0.3) is 0 Å². The summed E-state index contributed by atoms with van der Waals surface area (Å²) in [6, 6.07) is 9.30. The Kier molecular flexibility index (Phi) is 7.74. The van der Waals surface area contributed by atoms with Crippen molar-refractivity contribution in [2.75, 3.05) is 24.5 Å². The van der Waals surface area contributed by atoms with Crippen LogP contribution in [-0.2, 0) is 0 Å². The third-order valence-corrected chi connectivity index (χ3v) is 3.41. The summed E-state index contributed by atoms with van der Waals surface area (Å²) in [5.41, 5.74) is 2.58. The Labute approximate surface area is 124 Å². The van der Waals surface area contributed by atoms with Crippen molar-refractivity contribution in [3.8, 4) is 0 Å². The molecule has 0 aliphatic heterocycles. The maximum Gasteiger partial charge on any atom is 0.0372 e. The Hall–Kier alpha value is -1.54. The van der Waals surface area contributed by atoms with Crippen molar-refractivity contribution in [3.63, 3.8) is 0 Å². The fraction of sp³-hybridized carbons (Fsp3) is 0.444. The molecule has 1 aromatic rings. The molecule has 0 aliphatic carbocycles. The third-order valence-electron chi connectivity index (χ3n) is 3.41. The highest BCUT2D eigenvalue weighted by atomic mass is 15.1. The normalized spacial score (nSPS) is 11.9. The van der Waals surface area contributed by atoms with Crippen molar-refractivity contribution in [1.29, 1.82) is 0 Å². The zero-order valence-electron chi connectivity index (χ0n) is 12.9. The molecule has 0 aromatic heterocycles. The average molecular weight is 272 g/mol. The molecule has 20 heavy (non-hydrogen) atoms. The van der Waals surface area contributed by atoms with E-state index in [1.54, 1.807) is 0 Å². The molecular weight excluding hydrogens is 244 g/mol. The van der Waals surface area contributed by atoms with Crippen LogP contribution in [0.3, 0.4) is 0 Å². The van der Waals surface area contributed by atoms with Crippen LogP contribution in [0.15, 0.2) is 49.6 Å². The topological polar surface area (TPSA) is 15.3 Å². The second-order valence-corrected chi connectivity index (χ2v) is 4.99. The third kappa shape index (κ3) is 4.86. The van der Waals surface area contributed by atoms with Gasteiger partial charge in [-0.05, 0) is 37.1 Å². The van der Waals surface area contributed by atoms with Gasteiger partial charge in [0.05, 0.1) is 0 Å².